The fourth-order valence-corrected chi connectivity index (χ4v) is 2.69. The molecule has 0 aromatic heterocycles. The molecule has 1 N–H and O–H groups in total. The Hall–Kier alpha value is -0.610. The van der Waals surface area contributed by atoms with Gasteiger partial charge in [-0.3, -0.25) is 4.79 Å². The summed E-state index contributed by atoms with van der Waals surface area (Å²) < 4.78 is 0. The summed E-state index contributed by atoms with van der Waals surface area (Å²) in [6.07, 6.45) is 5.39. The predicted octanol–water partition coefficient (Wildman–Crippen LogP) is 1.57. The van der Waals surface area contributed by atoms with E-state index in [1.54, 1.807) is 0 Å². The van der Waals surface area contributed by atoms with Gasteiger partial charge < -0.3 is 15.1 Å². The second-order valence-corrected chi connectivity index (χ2v) is 5.88. The molecule has 1 aliphatic rings. The molecule has 0 aromatic carbocycles. The van der Waals surface area contributed by atoms with Crippen molar-refractivity contribution in [2.45, 2.75) is 39.0 Å². The highest BCUT2D eigenvalue weighted by atomic mass is 16.2. The number of hydrogen-bond donors (Lipinski definition) is 1. The van der Waals surface area contributed by atoms with E-state index in [0.717, 1.165) is 52.0 Å². The molecule has 4 heteroatoms. The van der Waals surface area contributed by atoms with E-state index in [2.05, 4.69) is 31.2 Å². The lowest BCUT2D eigenvalue weighted by atomic mass is 9.94. The minimum atomic E-state index is 0.340. The summed E-state index contributed by atoms with van der Waals surface area (Å²) in [6.45, 7) is 7.12. The molecule has 0 aliphatic carbocycles. The zero-order valence-electron chi connectivity index (χ0n) is 13.0. The van der Waals surface area contributed by atoms with Gasteiger partial charge in [-0.2, -0.15) is 0 Å². The largest absolute Gasteiger partial charge is 0.343 e. The number of rotatable bonds is 8. The van der Waals surface area contributed by atoms with Gasteiger partial charge in [0.15, 0.2) is 0 Å². The number of carbonyl (C=O) groups is 1. The summed E-state index contributed by atoms with van der Waals surface area (Å²) in [7, 11) is 4.16. The maximum Gasteiger partial charge on any atom is 0.222 e. The van der Waals surface area contributed by atoms with Crippen molar-refractivity contribution in [3.63, 3.8) is 0 Å². The standard InChI is InChI=1S/C15H31N3O/c1-4-18(12-6-11-17(2)3)15(19)9-8-14-7-5-10-16-13-14/h14,16H,4-13H2,1-3H3. The van der Waals surface area contributed by atoms with Crippen LogP contribution in [0.2, 0.25) is 0 Å². The molecule has 1 saturated heterocycles. The Morgan fingerprint density at radius 2 is 2.11 bits per heavy atom. The van der Waals surface area contributed by atoms with Crippen LogP contribution in [0.3, 0.4) is 0 Å². The molecule has 0 saturated carbocycles. The summed E-state index contributed by atoms with van der Waals surface area (Å²) in [6, 6.07) is 0. The summed E-state index contributed by atoms with van der Waals surface area (Å²) in [5.41, 5.74) is 0. The number of nitrogens with zero attached hydrogens (tertiary/aromatic N) is 2. The molecule has 1 aliphatic heterocycles. The van der Waals surface area contributed by atoms with E-state index in [-0.39, 0.29) is 0 Å². The van der Waals surface area contributed by atoms with Crippen molar-refractivity contribution in [3.05, 3.63) is 0 Å². The van der Waals surface area contributed by atoms with Crippen LogP contribution in [0.1, 0.15) is 39.0 Å². The number of piperidine rings is 1. The van der Waals surface area contributed by atoms with Crippen LogP contribution >= 0.6 is 0 Å². The first-order valence-electron chi connectivity index (χ1n) is 7.76. The average Bonchev–Trinajstić information content (AvgIpc) is 2.42. The van der Waals surface area contributed by atoms with Crippen molar-refractivity contribution in [1.29, 1.82) is 0 Å². The van der Waals surface area contributed by atoms with E-state index < -0.39 is 0 Å². The molecule has 1 rings (SSSR count). The van der Waals surface area contributed by atoms with Gasteiger partial charge in [-0.05, 0) is 72.3 Å². The Morgan fingerprint density at radius 3 is 2.68 bits per heavy atom. The molecule has 112 valence electrons. The molecule has 1 heterocycles. The van der Waals surface area contributed by atoms with Gasteiger partial charge in [-0.15, -0.1) is 0 Å². The van der Waals surface area contributed by atoms with Crippen LogP contribution in [0.25, 0.3) is 0 Å². The quantitative estimate of drug-likeness (QED) is 0.726. The van der Waals surface area contributed by atoms with Crippen molar-refractivity contribution in [2.75, 3.05) is 46.8 Å². The number of carbonyl (C=O) groups excluding carboxylic acids is 1. The van der Waals surface area contributed by atoms with Gasteiger partial charge in [0.2, 0.25) is 5.91 Å². The Kier molecular flexibility index (Phi) is 8.07. The van der Waals surface area contributed by atoms with Crippen LogP contribution in [0.5, 0.6) is 0 Å². The number of amides is 1. The second-order valence-electron chi connectivity index (χ2n) is 5.88. The molecule has 1 atom stereocenters. The van der Waals surface area contributed by atoms with Crippen LogP contribution in [0.4, 0.5) is 0 Å². The fourth-order valence-electron chi connectivity index (χ4n) is 2.69. The highest BCUT2D eigenvalue weighted by Crippen LogP contribution is 2.16. The van der Waals surface area contributed by atoms with Gasteiger partial charge in [-0.25, -0.2) is 0 Å². The lowest BCUT2D eigenvalue weighted by Crippen LogP contribution is -2.35. The van der Waals surface area contributed by atoms with Crippen LogP contribution < -0.4 is 5.32 Å². The first-order valence-corrected chi connectivity index (χ1v) is 7.76. The van der Waals surface area contributed by atoms with Crippen molar-refractivity contribution in [2.24, 2.45) is 5.92 Å². The highest BCUT2D eigenvalue weighted by molar-refractivity contribution is 5.76. The third-order valence-electron chi connectivity index (χ3n) is 3.93. The number of nitrogens with one attached hydrogen (secondary N) is 1. The third-order valence-corrected chi connectivity index (χ3v) is 3.93. The molecule has 1 amide bonds. The SMILES string of the molecule is CCN(CCCN(C)C)C(=O)CCC1CCCNC1. The van der Waals surface area contributed by atoms with E-state index >= 15 is 0 Å². The van der Waals surface area contributed by atoms with E-state index in [1.807, 2.05) is 4.90 Å². The van der Waals surface area contributed by atoms with Gasteiger partial charge in [0, 0.05) is 19.5 Å². The molecule has 0 aromatic rings. The first kappa shape index (κ1) is 16.4. The summed E-state index contributed by atoms with van der Waals surface area (Å²) in [5.74, 6) is 1.05. The minimum absolute atomic E-state index is 0.340. The molecule has 1 fully saturated rings. The van der Waals surface area contributed by atoms with E-state index in [4.69, 9.17) is 0 Å². The van der Waals surface area contributed by atoms with Gasteiger partial charge in [0.25, 0.3) is 0 Å². The van der Waals surface area contributed by atoms with E-state index in [9.17, 15) is 4.79 Å². The van der Waals surface area contributed by atoms with Crippen LogP contribution in [-0.2, 0) is 4.79 Å². The van der Waals surface area contributed by atoms with E-state index in [0.29, 0.717) is 11.8 Å². The van der Waals surface area contributed by atoms with Crippen molar-refractivity contribution in [1.82, 2.24) is 15.1 Å². The third kappa shape index (κ3) is 6.92. The maximum absolute atomic E-state index is 12.2. The first-order chi connectivity index (χ1) is 9.13. The molecule has 19 heavy (non-hydrogen) atoms. The smallest absolute Gasteiger partial charge is 0.222 e. The molecule has 1 unspecified atom stereocenters. The van der Waals surface area contributed by atoms with Gasteiger partial charge in [0.1, 0.15) is 0 Å². The summed E-state index contributed by atoms with van der Waals surface area (Å²) in [5, 5.41) is 3.42. The lowest BCUT2D eigenvalue weighted by molar-refractivity contribution is -0.131. The maximum atomic E-state index is 12.2. The topological polar surface area (TPSA) is 35.6 Å². The van der Waals surface area contributed by atoms with Crippen LogP contribution in [-0.4, -0.2) is 62.5 Å². The normalized spacial score (nSPS) is 19.7. The highest BCUT2D eigenvalue weighted by Gasteiger charge is 2.17. The van der Waals surface area contributed by atoms with Crippen molar-refractivity contribution in [3.8, 4) is 0 Å². The van der Waals surface area contributed by atoms with Gasteiger partial charge in [0.05, 0.1) is 0 Å². The molecule has 0 spiro atoms. The Morgan fingerprint density at radius 1 is 1.32 bits per heavy atom. The average molecular weight is 269 g/mol. The summed E-state index contributed by atoms with van der Waals surface area (Å²) in [4.78, 5) is 16.4. The Balaban J connectivity index is 2.20. The van der Waals surface area contributed by atoms with Gasteiger partial charge >= 0.3 is 0 Å². The number of hydrogen-bond acceptors (Lipinski definition) is 3. The van der Waals surface area contributed by atoms with Crippen molar-refractivity contribution >= 4 is 5.91 Å². The van der Waals surface area contributed by atoms with Crippen LogP contribution in [0, 0.1) is 5.92 Å². The molecule has 0 radical (unpaired) electrons. The molecular weight excluding hydrogens is 238 g/mol. The predicted molar refractivity (Wildman–Crippen MR) is 80.3 cm³/mol. The monoisotopic (exact) mass is 269 g/mol. The lowest BCUT2D eigenvalue weighted by Gasteiger charge is -2.25. The second kappa shape index (κ2) is 9.32. The molecular formula is C15H31N3O. The minimum Gasteiger partial charge on any atom is -0.343 e. The molecule has 4 nitrogen and oxygen atoms in total. The summed E-state index contributed by atoms with van der Waals surface area (Å²) >= 11 is 0. The van der Waals surface area contributed by atoms with Crippen LogP contribution in [0.15, 0.2) is 0 Å². The fraction of sp³-hybridized carbons (Fsp3) is 0.933. The van der Waals surface area contributed by atoms with Gasteiger partial charge in [-0.1, -0.05) is 0 Å². The van der Waals surface area contributed by atoms with Crippen molar-refractivity contribution < 1.29 is 4.79 Å². The van der Waals surface area contributed by atoms with E-state index in [1.165, 1.54) is 12.8 Å². The Bertz CT molecular complexity index is 250. The zero-order chi connectivity index (χ0) is 14.1. The Labute approximate surface area is 118 Å². The molecule has 0 bridgehead atoms. The zero-order valence-corrected chi connectivity index (χ0v) is 13.0.